The molecule has 1 saturated heterocycles. The zero-order chi connectivity index (χ0) is 13.0. The predicted molar refractivity (Wildman–Crippen MR) is 66.5 cm³/mol. The third kappa shape index (κ3) is 2.79. The molecule has 0 aliphatic carbocycles. The summed E-state index contributed by atoms with van der Waals surface area (Å²) in [6.45, 7) is 3.82. The average molecular weight is 250 g/mol. The van der Waals surface area contributed by atoms with E-state index in [-0.39, 0.29) is 17.8 Å². The zero-order valence-electron chi connectivity index (χ0n) is 10.5. The van der Waals surface area contributed by atoms with Crippen molar-refractivity contribution in [1.29, 1.82) is 0 Å². The second-order valence-electron chi connectivity index (χ2n) is 4.43. The van der Waals surface area contributed by atoms with Crippen LogP contribution >= 0.6 is 0 Å². The van der Waals surface area contributed by atoms with Crippen molar-refractivity contribution in [3.05, 3.63) is 24.0 Å². The van der Waals surface area contributed by atoms with Gasteiger partial charge in [0.25, 0.3) is 5.91 Å². The van der Waals surface area contributed by atoms with Gasteiger partial charge in [0.05, 0.1) is 24.5 Å². The van der Waals surface area contributed by atoms with Crippen LogP contribution in [0.25, 0.3) is 0 Å². The van der Waals surface area contributed by atoms with E-state index in [4.69, 9.17) is 4.74 Å². The molecule has 0 aromatic carbocycles. The van der Waals surface area contributed by atoms with E-state index < -0.39 is 0 Å². The van der Waals surface area contributed by atoms with Crippen molar-refractivity contribution in [1.82, 2.24) is 9.88 Å². The van der Waals surface area contributed by atoms with Crippen molar-refractivity contribution in [3.8, 4) is 5.75 Å². The molecule has 0 saturated carbocycles. The fourth-order valence-electron chi connectivity index (χ4n) is 2.14. The maximum atomic E-state index is 12.3. The Morgan fingerprint density at radius 3 is 3.22 bits per heavy atom. The van der Waals surface area contributed by atoms with Crippen molar-refractivity contribution in [2.45, 2.75) is 25.9 Å². The number of hydrogen-bond acceptors (Lipinski definition) is 4. The summed E-state index contributed by atoms with van der Waals surface area (Å²) in [4.78, 5) is 17.8. The summed E-state index contributed by atoms with van der Waals surface area (Å²) < 4.78 is 5.60. The van der Waals surface area contributed by atoms with Crippen molar-refractivity contribution < 1.29 is 14.6 Å². The summed E-state index contributed by atoms with van der Waals surface area (Å²) in [5.74, 6) is -0.222. The number of aromatic nitrogens is 1. The van der Waals surface area contributed by atoms with Crippen LogP contribution < -0.4 is 0 Å². The molecule has 1 amide bonds. The Morgan fingerprint density at radius 2 is 2.50 bits per heavy atom. The van der Waals surface area contributed by atoms with Crippen LogP contribution in [-0.4, -0.2) is 46.7 Å². The molecule has 1 aliphatic rings. The Kier molecular flexibility index (Phi) is 4.15. The van der Waals surface area contributed by atoms with Crippen LogP contribution in [0.4, 0.5) is 0 Å². The number of morpholine rings is 1. The van der Waals surface area contributed by atoms with E-state index in [9.17, 15) is 9.90 Å². The Hall–Kier alpha value is -1.62. The number of carbonyl (C=O) groups is 1. The van der Waals surface area contributed by atoms with Crippen LogP contribution in [0.15, 0.2) is 18.5 Å². The molecule has 2 rings (SSSR count). The average Bonchev–Trinajstić information content (AvgIpc) is 2.39. The minimum atomic E-state index is -0.153. The summed E-state index contributed by atoms with van der Waals surface area (Å²) in [7, 11) is 0. The smallest absolute Gasteiger partial charge is 0.257 e. The molecule has 0 bridgehead atoms. The van der Waals surface area contributed by atoms with Gasteiger partial charge < -0.3 is 14.7 Å². The molecule has 5 nitrogen and oxygen atoms in total. The van der Waals surface area contributed by atoms with Crippen LogP contribution in [0.1, 0.15) is 30.1 Å². The highest BCUT2D eigenvalue weighted by Gasteiger charge is 2.25. The molecule has 1 N–H and O–H groups in total. The summed E-state index contributed by atoms with van der Waals surface area (Å²) in [5.41, 5.74) is 0.308. The fourth-order valence-corrected chi connectivity index (χ4v) is 2.14. The highest BCUT2D eigenvalue weighted by Crippen LogP contribution is 2.19. The van der Waals surface area contributed by atoms with Gasteiger partial charge in [-0.15, -0.1) is 0 Å². The van der Waals surface area contributed by atoms with Gasteiger partial charge in [-0.25, -0.2) is 0 Å². The molecule has 18 heavy (non-hydrogen) atoms. The molecule has 1 aliphatic heterocycles. The summed E-state index contributed by atoms with van der Waals surface area (Å²) in [5, 5.41) is 9.64. The summed E-state index contributed by atoms with van der Waals surface area (Å²) in [6, 6.07) is 1.54. The molecule has 1 atom stereocenters. The van der Waals surface area contributed by atoms with Gasteiger partial charge in [-0.3, -0.25) is 9.78 Å². The topological polar surface area (TPSA) is 62.7 Å². The maximum Gasteiger partial charge on any atom is 0.257 e. The first kappa shape index (κ1) is 12.8. The molecule has 2 heterocycles. The number of aromatic hydroxyl groups is 1. The molecule has 0 radical (unpaired) electrons. The number of rotatable bonds is 3. The first-order valence-electron chi connectivity index (χ1n) is 6.26. The second kappa shape index (κ2) is 5.82. The van der Waals surface area contributed by atoms with E-state index in [2.05, 4.69) is 11.9 Å². The lowest BCUT2D eigenvalue weighted by atomic mass is 10.1. The van der Waals surface area contributed by atoms with Crippen LogP contribution in [0.2, 0.25) is 0 Å². The maximum absolute atomic E-state index is 12.3. The molecule has 0 unspecified atom stereocenters. The fraction of sp³-hybridized carbons (Fsp3) is 0.538. The lowest BCUT2D eigenvalue weighted by molar-refractivity contribution is -0.0251. The largest absolute Gasteiger partial charge is 0.505 e. The molecule has 5 heteroatoms. The van der Waals surface area contributed by atoms with Gasteiger partial charge in [-0.2, -0.15) is 0 Å². The van der Waals surface area contributed by atoms with Crippen molar-refractivity contribution in [2.24, 2.45) is 0 Å². The van der Waals surface area contributed by atoms with Crippen LogP contribution in [-0.2, 0) is 4.74 Å². The van der Waals surface area contributed by atoms with Gasteiger partial charge in [0, 0.05) is 19.3 Å². The minimum absolute atomic E-state index is 0.0685. The number of pyridine rings is 1. The highest BCUT2D eigenvalue weighted by atomic mass is 16.5. The van der Waals surface area contributed by atoms with Gasteiger partial charge in [0.1, 0.15) is 5.75 Å². The van der Waals surface area contributed by atoms with Crippen LogP contribution in [0.3, 0.4) is 0 Å². The third-order valence-corrected chi connectivity index (χ3v) is 3.07. The number of ether oxygens (including phenoxy) is 1. The summed E-state index contributed by atoms with van der Waals surface area (Å²) in [6.07, 6.45) is 4.89. The first-order valence-corrected chi connectivity index (χ1v) is 6.26. The standard InChI is InChI=1S/C13H18N2O3/c1-2-3-10-9-15(6-7-18-10)13(17)11-4-5-14-8-12(11)16/h4-5,8,10,16H,2-3,6-7,9H2,1H3/t10-/m0/s1. The van der Waals surface area contributed by atoms with Gasteiger partial charge in [-0.1, -0.05) is 13.3 Å². The molecular weight excluding hydrogens is 232 g/mol. The lowest BCUT2D eigenvalue weighted by Crippen LogP contribution is -2.45. The second-order valence-corrected chi connectivity index (χ2v) is 4.43. The zero-order valence-corrected chi connectivity index (χ0v) is 10.5. The van der Waals surface area contributed by atoms with Gasteiger partial charge in [0.15, 0.2) is 0 Å². The lowest BCUT2D eigenvalue weighted by Gasteiger charge is -2.33. The van der Waals surface area contributed by atoms with Gasteiger partial charge in [0.2, 0.25) is 0 Å². The highest BCUT2D eigenvalue weighted by molar-refractivity contribution is 5.96. The first-order chi connectivity index (χ1) is 8.72. The van der Waals surface area contributed by atoms with E-state index >= 15 is 0 Å². The SMILES string of the molecule is CCC[C@H]1CN(C(=O)c2ccncc2O)CCO1. The molecular formula is C13H18N2O3. The van der Waals surface area contributed by atoms with Crippen molar-refractivity contribution >= 4 is 5.91 Å². The quantitative estimate of drug-likeness (QED) is 0.881. The predicted octanol–water partition coefficient (Wildman–Crippen LogP) is 1.43. The normalized spacial score (nSPS) is 19.8. The van der Waals surface area contributed by atoms with Crippen molar-refractivity contribution in [3.63, 3.8) is 0 Å². The van der Waals surface area contributed by atoms with E-state index in [1.807, 2.05) is 0 Å². The molecule has 1 aromatic heterocycles. The number of nitrogens with zero attached hydrogens (tertiary/aromatic N) is 2. The monoisotopic (exact) mass is 250 g/mol. The molecule has 98 valence electrons. The van der Waals surface area contributed by atoms with Crippen molar-refractivity contribution in [2.75, 3.05) is 19.7 Å². The number of hydrogen-bond donors (Lipinski definition) is 1. The van der Waals surface area contributed by atoms with Gasteiger partial charge in [-0.05, 0) is 12.5 Å². The number of carbonyl (C=O) groups excluding carboxylic acids is 1. The van der Waals surface area contributed by atoms with E-state index in [1.165, 1.54) is 12.4 Å². The summed E-state index contributed by atoms with van der Waals surface area (Å²) >= 11 is 0. The Morgan fingerprint density at radius 1 is 1.67 bits per heavy atom. The number of amides is 1. The minimum Gasteiger partial charge on any atom is -0.505 e. The van der Waals surface area contributed by atoms with Crippen LogP contribution in [0.5, 0.6) is 5.75 Å². The van der Waals surface area contributed by atoms with Crippen LogP contribution in [0, 0.1) is 0 Å². The third-order valence-electron chi connectivity index (χ3n) is 3.07. The van der Waals surface area contributed by atoms with Gasteiger partial charge >= 0.3 is 0 Å². The van der Waals surface area contributed by atoms with E-state index in [1.54, 1.807) is 11.0 Å². The Balaban J connectivity index is 2.07. The Bertz CT molecular complexity index is 420. The van der Waals surface area contributed by atoms with E-state index in [0.29, 0.717) is 25.3 Å². The molecule has 1 fully saturated rings. The molecule has 0 spiro atoms. The Labute approximate surface area is 106 Å². The van der Waals surface area contributed by atoms with E-state index in [0.717, 1.165) is 12.8 Å². The molecule has 1 aromatic rings.